The molecule has 1 saturated heterocycles. The summed E-state index contributed by atoms with van der Waals surface area (Å²) in [4.78, 5) is 12.2. The third-order valence-corrected chi connectivity index (χ3v) is 6.56. The average molecular weight is 512 g/mol. The van der Waals surface area contributed by atoms with Gasteiger partial charge in [0.05, 0.1) is 10.5 Å². The number of carbonyl (C=O) groups is 1. The van der Waals surface area contributed by atoms with Crippen LogP contribution in [0.4, 0.5) is 8.78 Å². The van der Waals surface area contributed by atoms with Gasteiger partial charge >= 0.3 is 5.97 Å². The van der Waals surface area contributed by atoms with Crippen LogP contribution < -0.4 is 5.32 Å². The fourth-order valence-electron chi connectivity index (χ4n) is 4.54. The number of aliphatic carboxylic acids is 1. The quantitative estimate of drug-likeness (QED) is 0.545. The average Bonchev–Trinajstić information content (AvgIpc) is 2.97. The Balaban J connectivity index is 2.38. The van der Waals surface area contributed by atoms with E-state index in [1.54, 1.807) is 6.07 Å². The summed E-state index contributed by atoms with van der Waals surface area (Å²) < 4.78 is 30.6. The molecule has 31 heavy (non-hydrogen) atoms. The van der Waals surface area contributed by atoms with Crippen LogP contribution in [0.1, 0.15) is 44.2 Å². The van der Waals surface area contributed by atoms with Gasteiger partial charge in [0.15, 0.2) is 0 Å². The smallest absolute Gasteiger partial charge is 0.321 e. The molecule has 1 aliphatic rings. The van der Waals surface area contributed by atoms with E-state index < -0.39 is 41.0 Å². The first-order chi connectivity index (χ1) is 14.4. The molecule has 0 amide bonds. The van der Waals surface area contributed by atoms with Crippen molar-refractivity contribution in [2.24, 2.45) is 5.41 Å². The van der Waals surface area contributed by atoms with E-state index in [4.69, 9.17) is 11.6 Å². The number of carboxylic acid groups (broad SMARTS) is 1. The van der Waals surface area contributed by atoms with Crippen molar-refractivity contribution in [3.8, 4) is 6.07 Å². The topological polar surface area (TPSA) is 73.1 Å². The maximum atomic E-state index is 15.2. The van der Waals surface area contributed by atoms with E-state index in [0.717, 1.165) is 6.07 Å². The number of nitrogens with one attached hydrogen (secondary N) is 1. The first-order valence-electron chi connectivity index (χ1n) is 9.72. The molecule has 1 fully saturated rings. The number of rotatable bonds is 4. The van der Waals surface area contributed by atoms with E-state index in [-0.39, 0.29) is 26.0 Å². The SMILES string of the molecule is CC(C)(C)CC1NC(C(=O)O)C(c2cccc(Br)c2F)C1(C#N)c1ccc(Cl)cc1F. The molecule has 0 radical (unpaired) electrons. The highest BCUT2D eigenvalue weighted by Crippen LogP contribution is 2.52. The van der Waals surface area contributed by atoms with Crippen molar-refractivity contribution in [3.63, 3.8) is 0 Å². The highest BCUT2D eigenvalue weighted by Gasteiger charge is 2.61. The highest BCUT2D eigenvalue weighted by atomic mass is 79.9. The van der Waals surface area contributed by atoms with Crippen LogP contribution in [-0.4, -0.2) is 23.2 Å². The van der Waals surface area contributed by atoms with Gasteiger partial charge in [-0.05, 0) is 51.5 Å². The van der Waals surface area contributed by atoms with Gasteiger partial charge in [-0.15, -0.1) is 0 Å². The first-order valence-corrected chi connectivity index (χ1v) is 10.9. The van der Waals surface area contributed by atoms with Gasteiger partial charge in [0, 0.05) is 22.5 Å². The number of carboxylic acids is 1. The number of benzene rings is 2. The van der Waals surface area contributed by atoms with Gasteiger partial charge in [-0.3, -0.25) is 10.1 Å². The summed E-state index contributed by atoms with van der Waals surface area (Å²) in [7, 11) is 0. The largest absolute Gasteiger partial charge is 0.480 e. The van der Waals surface area contributed by atoms with Gasteiger partial charge < -0.3 is 5.11 Å². The third kappa shape index (κ3) is 4.21. The van der Waals surface area contributed by atoms with Crippen LogP contribution in [0.5, 0.6) is 0 Å². The fourth-order valence-corrected chi connectivity index (χ4v) is 5.08. The van der Waals surface area contributed by atoms with E-state index in [2.05, 4.69) is 27.3 Å². The van der Waals surface area contributed by atoms with Gasteiger partial charge in [0.1, 0.15) is 23.1 Å². The highest BCUT2D eigenvalue weighted by molar-refractivity contribution is 9.10. The van der Waals surface area contributed by atoms with Gasteiger partial charge in [-0.2, -0.15) is 5.26 Å². The van der Waals surface area contributed by atoms with Gasteiger partial charge in [0.2, 0.25) is 0 Å². The van der Waals surface area contributed by atoms with Crippen molar-refractivity contribution in [2.45, 2.75) is 50.6 Å². The summed E-state index contributed by atoms with van der Waals surface area (Å²) in [6.45, 7) is 5.83. The summed E-state index contributed by atoms with van der Waals surface area (Å²) in [5.41, 5.74) is -1.99. The number of hydrogen-bond donors (Lipinski definition) is 2. The molecule has 0 saturated carbocycles. The molecule has 2 aromatic carbocycles. The maximum Gasteiger partial charge on any atom is 0.321 e. The lowest BCUT2D eigenvalue weighted by Crippen LogP contribution is -2.44. The minimum absolute atomic E-state index is 0.00530. The Morgan fingerprint density at radius 1 is 1.32 bits per heavy atom. The van der Waals surface area contributed by atoms with E-state index in [9.17, 15) is 15.2 Å². The fraction of sp³-hybridized carbons (Fsp3) is 0.391. The van der Waals surface area contributed by atoms with Gasteiger partial charge in [-0.25, -0.2) is 8.78 Å². The summed E-state index contributed by atoms with van der Waals surface area (Å²) in [5, 5.41) is 23.7. The Kier molecular flexibility index (Phi) is 6.48. The van der Waals surface area contributed by atoms with Crippen LogP contribution in [-0.2, 0) is 10.2 Å². The van der Waals surface area contributed by atoms with Crippen molar-refractivity contribution in [3.05, 3.63) is 68.7 Å². The lowest BCUT2D eigenvalue weighted by molar-refractivity contribution is -0.139. The standard InChI is InChI=1S/C23H22BrClF2N2O2/c1-22(2,3)10-17-23(11-28,14-8-7-12(25)9-16(14)26)18(20(29-17)21(30)31)13-5-4-6-15(24)19(13)27/h4-9,17-18,20,29H,10H2,1-3H3,(H,30,31). The van der Waals surface area contributed by atoms with Gasteiger partial charge in [-0.1, -0.05) is 50.6 Å². The Bertz CT molecular complexity index is 1070. The minimum Gasteiger partial charge on any atom is -0.480 e. The molecule has 1 heterocycles. The molecule has 0 spiro atoms. The summed E-state index contributed by atoms with van der Waals surface area (Å²) >= 11 is 9.07. The minimum atomic E-state index is -1.69. The Labute approximate surface area is 193 Å². The maximum absolute atomic E-state index is 15.2. The lowest BCUT2D eigenvalue weighted by Gasteiger charge is -2.37. The van der Waals surface area contributed by atoms with Crippen LogP contribution in [0.25, 0.3) is 0 Å². The molecule has 2 aromatic rings. The van der Waals surface area contributed by atoms with Crippen molar-refractivity contribution in [1.29, 1.82) is 5.26 Å². The number of halogens is 4. The molecule has 4 atom stereocenters. The van der Waals surface area contributed by atoms with Crippen LogP contribution in [0, 0.1) is 28.4 Å². The van der Waals surface area contributed by atoms with Gasteiger partial charge in [0.25, 0.3) is 0 Å². The molecule has 0 bridgehead atoms. The van der Waals surface area contributed by atoms with E-state index >= 15 is 8.78 Å². The summed E-state index contributed by atoms with van der Waals surface area (Å²) in [6, 6.07) is 8.60. The zero-order valence-corrected chi connectivity index (χ0v) is 19.6. The van der Waals surface area contributed by atoms with E-state index in [1.165, 1.54) is 24.3 Å². The molecule has 1 aliphatic heterocycles. The van der Waals surface area contributed by atoms with Crippen molar-refractivity contribution in [1.82, 2.24) is 5.32 Å². The second-order valence-corrected chi connectivity index (χ2v) is 10.3. The molecule has 0 aliphatic carbocycles. The predicted octanol–water partition coefficient (Wildman–Crippen LogP) is 5.79. The molecular weight excluding hydrogens is 490 g/mol. The molecule has 4 nitrogen and oxygen atoms in total. The monoisotopic (exact) mass is 510 g/mol. The second kappa shape index (κ2) is 8.50. The van der Waals surface area contributed by atoms with Crippen LogP contribution >= 0.6 is 27.5 Å². The van der Waals surface area contributed by atoms with Crippen molar-refractivity contribution >= 4 is 33.5 Å². The Morgan fingerprint density at radius 2 is 2.00 bits per heavy atom. The molecule has 2 N–H and O–H groups in total. The molecule has 164 valence electrons. The number of nitriles is 1. The Hall–Kier alpha value is -2.01. The lowest BCUT2D eigenvalue weighted by atomic mass is 9.62. The molecule has 0 aromatic heterocycles. The first kappa shape index (κ1) is 23.6. The van der Waals surface area contributed by atoms with Crippen LogP contribution in [0.15, 0.2) is 40.9 Å². The number of nitrogens with zero attached hydrogens (tertiary/aromatic N) is 1. The summed E-state index contributed by atoms with van der Waals surface area (Å²) in [6.07, 6.45) is 0.360. The normalized spacial score (nSPS) is 25.9. The van der Waals surface area contributed by atoms with E-state index in [1.807, 2.05) is 20.8 Å². The second-order valence-electron chi connectivity index (χ2n) is 9.03. The zero-order chi connectivity index (χ0) is 23.1. The van der Waals surface area contributed by atoms with E-state index in [0.29, 0.717) is 6.42 Å². The zero-order valence-electron chi connectivity index (χ0n) is 17.2. The third-order valence-electron chi connectivity index (χ3n) is 5.72. The van der Waals surface area contributed by atoms with Crippen molar-refractivity contribution < 1.29 is 18.7 Å². The Morgan fingerprint density at radius 3 is 2.55 bits per heavy atom. The predicted molar refractivity (Wildman–Crippen MR) is 118 cm³/mol. The summed E-state index contributed by atoms with van der Waals surface area (Å²) in [5.74, 6) is -3.84. The van der Waals surface area contributed by atoms with Crippen LogP contribution in [0.3, 0.4) is 0 Å². The molecule has 3 rings (SSSR count). The van der Waals surface area contributed by atoms with Crippen LogP contribution in [0.2, 0.25) is 5.02 Å². The molecule has 8 heteroatoms. The molecular formula is C23H22BrClF2N2O2. The molecule has 4 unspecified atom stereocenters. The number of hydrogen-bond acceptors (Lipinski definition) is 3. The van der Waals surface area contributed by atoms with Crippen molar-refractivity contribution in [2.75, 3.05) is 0 Å².